The van der Waals surface area contributed by atoms with E-state index in [0.29, 0.717) is 0 Å². The molecule has 0 aromatic carbocycles. The number of hydrogen-bond donors (Lipinski definition) is 1. The predicted molar refractivity (Wildman–Crippen MR) is 31.2 cm³/mol. The summed E-state index contributed by atoms with van der Waals surface area (Å²) in [7, 11) is 0. The lowest BCUT2D eigenvalue weighted by Crippen LogP contribution is -2.17. The van der Waals surface area contributed by atoms with E-state index in [1.165, 1.54) is 0 Å². The normalized spacial score (nSPS) is 24.5. The van der Waals surface area contributed by atoms with Gasteiger partial charge in [-0.15, -0.1) is 0 Å². The van der Waals surface area contributed by atoms with E-state index in [1.54, 1.807) is 0 Å². The monoisotopic (exact) mass is 144 g/mol. The number of aliphatic hydroxyl groups is 1. The van der Waals surface area contributed by atoms with Crippen molar-refractivity contribution in [2.24, 2.45) is 5.92 Å². The number of cyclic esters (lactones) is 1. The minimum absolute atomic E-state index is 0.124. The topological polar surface area (TPSA) is 63.6 Å². The molecule has 1 atom stereocenters. The lowest BCUT2D eigenvalue weighted by molar-refractivity contribution is -0.137. The third-order valence-corrected chi connectivity index (χ3v) is 1.47. The van der Waals surface area contributed by atoms with E-state index in [2.05, 4.69) is 4.74 Å². The first-order chi connectivity index (χ1) is 4.74. The highest BCUT2D eigenvalue weighted by molar-refractivity contribution is 5.88. The highest BCUT2D eigenvalue weighted by atomic mass is 16.5. The number of rotatable bonds is 2. The van der Waals surface area contributed by atoms with Crippen LogP contribution in [-0.2, 0) is 14.3 Å². The molecule has 1 rings (SSSR count). The number of hydrogen-bond acceptors (Lipinski definition) is 4. The molecule has 0 spiro atoms. The second-order valence-corrected chi connectivity index (χ2v) is 2.21. The fourth-order valence-corrected chi connectivity index (χ4v) is 0.848. The Morgan fingerprint density at radius 3 is 2.90 bits per heavy atom. The average Bonchev–Trinajstić information content (AvgIpc) is 2.34. The zero-order valence-corrected chi connectivity index (χ0v) is 5.37. The van der Waals surface area contributed by atoms with Gasteiger partial charge >= 0.3 is 5.97 Å². The molecule has 1 unspecified atom stereocenters. The number of ether oxygens (including phenoxy) is 1. The van der Waals surface area contributed by atoms with Crippen LogP contribution in [-0.4, -0.2) is 30.1 Å². The third kappa shape index (κ3) is 1.33. The molecular formula is C6H8O4. The number of ketones is 1. The maximum atomic E-state index is 10.7. The molecule has 1 N–H and O–H groups in total. The maximum Gasteiger partial charge on any atom is 0.306 e. The van der Waals surface area contributed by atoms with Crippen LogP contribution in [0.15, 0.2) is 0 Å². The van der Waals surface area contributed by atoms with E-state index in [4.69, 9.17) is 5.11 Å². The molecule has 1 saturated heterocycles. The summed E-state index contributed by atoms with van der Waals surface area (Å²) in [6.45, 7) is -0.362. The lowest BCUT2D eigenvalue weighted by atomic mass is 10.0. The van der Waals surface area contributed by atoms with Crippen molar-refractivity contribution in [3.05, 3.63) is 0 Å². The van der Waals surface area contributed by atoms with Crippen LogP contribution in [0.1, 0.15) is 6.42 Å². The molecule has 0 aromatic rings. The molecule has 0 amide bonds. The third-order valence-electron chi connectivity index (χ3n) is 1.47. The zero-order chi connectivity index (χ0) is 7.56. The molecule has 1 heterocycles. The SMILES string of the molecule is O=C1CC(C(=O)CO)CO1. The smallest absolute Gasteiger partial charge is 0.306 e. The summed E-state index contributed by atoms with van der Waals surface area (Å²) >= 11 is 0. The second-order valence-electron chi connectivity index (χ2n) is 2.21. The number of carbonyl (C=O) groups excluding carboxylic acids is 2. The Balaban J connectivity index is 2.44. The van der Waals surface area contributed by atoms with Gasteiger partial charge < -0.3 is 9.84 Å². The van der Waals surface area contributed by atoms with Gasteiger partial charge in [0.05, 0.1) is 12.3 Å². The molecule has 1 fully saturated rings. The van der Waals surface area contributed by atoms with E-state index in [0.717, 1.165) is 0 Å². The van der Waals surface area contributed by atoms with Crippen molar-refractivity contribution in [1.29, 1.82) is 0 Å². The van der Waals surface area contributed by atoms with Gasteiger partial charge in [0.15, 0.2) is 5.78 Å². The maximum absolute atomic E-state index is 10.7. The van der Waals surface area contributed by atoms with Crippen LogP contribution in [0.25, 0.3) is 0 Å². The van der Waals surface area contributed by atoms with Gasteiger partial charge in [-0.05, 0) is 0 Å². The quantitative estimate of drug-likeness (QED) is 0.511. The highest BCUT2D eigenvalue weighted by Crippen LogP contribution is 2.13. The zero-order valence-electron chi connectivity index (χ0n) is 5.37. The van der Waals surface area contributed by atoms with E-state index < -0.39 is 12.5 Å². The standard InChI is InChI=1S/C6H8O4/c7-2-5(8)4-1-6(9)10-3-4/h4,7H,1-3H2. The van der Waals surface area contributed by atoms with E-state index >= 15 is 0 Å². The molecule has 4 nitrogen and oxygen atoms in total. The summed E-state index contributed by atoms with van der Waals surface area (Å²) in [5.41, 5.74) is 0. The van der Waals surface area contributed by atoms with Crippen molar-refractivity contribution in [3.63, 3.8) is 0 Å². The molecule has 4 heteroatoms. The van der Waals surface area contributed by atoms with Gasteiger partial charge in [-0.2, -0.15) is 0 Å². The molecule has 0 saturated carbocycles. The Labute approximate surface area is 57.8 Å². The molecule has 1 aliphatic heterocycles. The van der Waals surface area contributed by atoms with Crippen molar-refractivity contribution in [3.8, 4) is 0 Å². The average molecular weight is 144 g/mol. The van der Waals surface area contributed by atoms with Gasteiger partial charge in [-0.1, -0.05) is 0 Å². The van der Waals surface area contributed by atoms with Crippen molar-refractivity contribution in [1.82, 2.24) is 0 Å². The van der Waals surface area contributed by atoms with Crippen molar-refractivity contribution in [2.75, 3.05) is 13.2 Å². The fraction of sp³-hybridized carbons (Fsp3) is 0.667. The largest absolute Gasteiger partial charge is 0.465 e. The molecule has 56 valence electrons. The fourth-order valence-electron chi connectivity index (χ4n) is 0.848. The Hall–Kier alpha value is -0.900. The molecule has 0 radical (unpaired) electrons. The lowest BCUT2D eigenvalue weighted by Gasteiger charge is -1.98. The number of esters is 1. The second kappa shape index (κ2) is 2.79. The Morgan fingerprint density at radius 2 is 2.50 bits per heavy atom. The van der Waals surface area contributed by atoms with Crippen molar-refractivity contribution >= 4 is 11.8 Å². The minimum Gasteiger partial charge on any atom is -0.465 e. The molecule has 1 aliphatic rings. The van der Waals surface area contributed by atoms with Gasteiger partial charge in [0.1, 0.15) is 13.2 Å². The highest BCUT2D eigenvalue weighted by Gasteiger charge is 2.28. The summed E-state index contributed by atoms with van der Waals surface area (Å²) in [4.78, 5) is 21.1. The van der Waals surface area contributed by atoms with Crippen molar-refractivity contribution < 1.29 is 19.4 Å². The van der Waals surface area contributed by atoms with E-state index in [9.17, 15) is 9.59 Å². The summed E-state index contributed by atoms with van der Waals surface area (Å²) in [5.74, 6) is -1.07. The number of aliphatic hydroxyl groups excluding tert-OH is 1. The van der Waals surface area contributed by atoms with Crippen LogP contribution in [0.2, 0.25) is 0 Å². The first kappa shape index (κ1) is 7.21. The Kier molecular flexibility index (Phi) is 2.01. The van der Waals surface area contributed by atoms with Crippen LogP contribution in [0, 0.1) is 5.92 Å². The predicted octanol–water partition coefficient (Wildman–Crippen LogP) is -0.889. The van der Waals surface area contributed by atoms with Crippen LogP contribution < -0.4 is 0 Å². The molecule has 0 bridgehead atoms. The molecular weight excluding hydrogens is 136 g/mol. The summed E-state index contributed by atoms with van der Waals surface area (Å²) < 4.78 is 4.52. The van der Waals surface area contributed by atoms with Crippen LogP contribution in [0.4, 0.5) is 0 Å². The molecule has 10 heavy (non-hydrogen) atoms. The van der Waals surface area contributed by atoms with Crippen molar-refractivity contribution in [2.45, 2.75) is 6.42 Å². The van der Waals surface area contributed by atoms with Gasteiger partial charge in [-0.25, -0.2) is 0 Å². The number of carbonyl (C=O) groups is 2. The molecule has 0 aromatic heterocycles. The summed E-state index contributed by atoms with van der Waals surface area (Å²) in [6.07, 6.45) is 0.124. The van der Waals surface area contributed by atoms with E-state index in [-0.39, 0.29) is 24.8 Å². The van der Waals surface area contributed by atoms with E-state index in [1.807, 2.05) is 0 Å². The minimum atomic E-state index is -0.499. The summed E-state index contributed by atoms with van der Waals surface area (Å²) in [5, 5.41) is 8.37. The molecule has 0 aliphatic carbocycles. The first-order valence-corrected chi connectivity index (χ1v) is 3.03. The van der Waals surface area contributed by atoms with Crippen LogP contribution in [0.5, 0.6) is 0 Å². The van der Waals surface area contributed by atoms with Gasteiger partial charge in [0.2, 0.25) is 0 Å². The van der Waals surface area contributed by atoms with Crippen LogP contribution in [0.3, 0.4) is 0 Å². The summed E-state index contributed by atoms with van der Waals surface area (Å²) in [6, 6.07) is 0. The Morgan fingerprint density at radius 1 is 1.80 bits per heavy atom. The van der Waals surface area contributed by atoms with Gasteiger partial charge in [-0.3, -0.25) is 9.59 Å². The number of Topliss-reactive ketones (excluding diaryl/α,β-unsaturated/α-hetero) is 1. The Bertz CT molecular complexity index is 163. The van der Waals surface area contributed by atoms with Gasteiger partial charge in [0, 0.05) is 0 Å². The van der Waals surface area contributed by atoms with Crippen LogP contribution >= 0.6 is 0 Å². The van der Waals surface area contributed by atoms with Gasteiger partial charge in [0.25, 0.3) is 0 Å². The first-order valence-electron chi connectivity index (χ1n) is 3.03.